The minimum Gasteiger partial charge on any atom is -0.353 e. The topological polar surface area (TPSA) is 111 Å². The predicted octanol–water partition coefficient (Wildman–Crippen LogP) is 2.26. The van der Waals surface area contributed by atoms with Gasteiger partial charge < -0.3 is 21.3 Å². The van der Waals surface area contributed by atoms with E-state index in [1.807, 2.05) is 0 Å². The molecule has 3 amide bonds. The van der Waals surface area contributed by atoms with E-state index in [-0.39, 0.29) is 28.2 Å². The Labute approximate surface area is 186 Å². The van der Waals surface area contributed by atoms with Crippen LogP contribution in [-0.2, 0) is 14.4 Å². The van der Waals surface area contributed by atoms with Crippen molar-refractivity contribution >= 4 is 52.3 Å². The number of halogens is 3. The summed E-state index contributed by atoms with van der Waals surface area (Å²) >= 11 is 12.1. The Bertz CT molecular complexity index is 1040. The molecule has 0 bridgehead atoms. The summed E-state index contributed by atoms with van der Waals surface area (Å²) in [6.45, 7) is 0. The minimum atomic E-state index is -0.923. The fourth-order valence-corrected chi connectivity index (χ4v) is 4.04. The second kappa shape index (κ2) is 8.70. The van der Waals surface area contributed by atoms with Crippen LogP contribution in [0.4, 0.5) is 15.8 Å². The average molecular weight is 466 g/mol. The third-order valence-corrected chi connectivity index (χ3v) is 5.97. The molecule has 4 rings (SSSR count). The molecule has 2 aromatic carbocycles. The van der Waals surface area contributed by atoms with E-state index < -0.39 is 36.1 Å². The summed E-state index contributed by atoms with van der Waals surface area (Å²) in [7, 11) is 0. The Morgan fingerprint density at radius 1 is 1.06 bits per heavy atom. The monoisotopic (exact) mass is 465 g/mol. The molecule has 4 unspecified atom stereocenters. The van der Waals surface area contributed by atoms with Crippen molar-refractivity contribution in [2.75, 3.05) is 10.6 Å². The van der Waals surface area contributed by atoms with Gasteiger partial charge in [0.25, 0.3) is 0 Å². The van der Waals surface area contributed by atoms with Crippen LogP contribution in [-0.4, -0.2) is 30.2 Å². The number of rotatable bonds is 4. The number of fused-ring (bicyclic) bond motifs is 1. The number of hydrogen-bond donors (Lipinski definition) is 5. The van der Waals surface area contributed by atoms with Crippen LogP contribution in [0, 0.1) is 17.7 Å². The van der Waals surface area contributed by atoms with E-state index in [0.29, 0.717) is 11.4 Å². The Balaban J connectivity index is 1.49. The molecule has 2 aromatic rings. The highest BCUT2D eigenvalue weighted by atomic mass is 35.5. The molecule has 162 valence electrons. The molecule has 2 aliphatic heterocycles. The summed E-state index contributed by atoms with van der Waals surface area (Å²) in [5.74, 6) is -3.47. The largest absolute Gasteiger partial charge is 0.353 e. The molecule has 0 radical (unpaired) electrons. The molecule has 4 atom stereocenters. The van der Waals surface area contributed by atoms with E-state index in [2.05, 4.69) is 26.6 Å². The highest BCUT2D eigenvalue weighted by Gasteiger charge is 2.48. The lowest BCUT2D eigenvalue weighted by molar-refractivity contribution is -0.144. The second-order valence-electron chi connectivity index (χ2n) is 7.23. The van der Waals surface area contributed by atoms with E-state index in [4.69, 9.17) is 23.2 Å². The maximum atomic E-state index is 13.1. The number of anilines is 2. The lowest BCUT2D eigenvalue weighted by Crippen LogP contribution is -2.72. The first-order chi connectivity index (χ1) is 14.8. The molecule has 0 aromatic heterocycles. The predicted molar refractivity (Wildman–Crippen MR) is 114 cm³/mol. The summed E-state index contributed by atoms with van der Waals surface area (Å²) in [5.41, 5.74) is 0.853. The summed E-state index contributed by atoms with van der Waals surface area (Å²) in [6, 6.07) is 10.4. The van der Waals surface area contributed by atoms with Crippen LogP contribution in [0.3, 0.4) is 0 Å². The Kier molecular flexibility index (Phi) is 5.99. The Morgan fingerprint density at radius 2 is 1.81 bits per heavy atom. The van der Waals surface area contributed by atoms with Gasteiger partial charge in [-0.2, -0.15) is 0 Å². The standard InChI is InChI=1S/C20H18Cl2FN5O3/c21-12-2-1-3-13(16(12)22)25-18(30)11-8-14(29)26-17-15(11)19(31)28-20(27-17)24-10-6-4-9(23)5-7-10/h1-7,11,15,17,20,24,27H,8H2,(H,25,30)(H,26,29)(H,28,31). The normalized spacial score (nSPS) is 25.1. The third-order valence-electron chi connectivity index (χ3n) is 5.15. The second-order valence-corrected chi connectivity index (χ2v) is 8.02. The van der Waals surface area contributed by atoms with E-state index in [1.165, 1.54) is 24.3 Å². The zero-order valence-electron chi connectivity index (χ0n) is 15.9. The Morgan fingerprint density at radius 3 is 2.55 bits per heavy atom. The SMILES string of the molecule is O=C1CC(C(=O)Nc2cccc(Cl)c2Cl)C2C(=O)NC(Nc3ccc(F)cc3)NC2N1. The van der Waals surface area contributed by atoms with Crippen LogP contribution in [0.15, 0.2) is 42.5 Å². The van der Waals surface area contributed by atoms with Crippen molar-refractivity contribution < 1.29 is 18.8 Å². The summed E-state index contributed by atoms with van der Waals surface area (Å²) in [5, 5.41) is 14.6. The van der Waals surface area contributed by atoms with Crippen molar-refractivity contribution in [1.82, 2.24) is 16.0 Å². The van der Waals surface area contributed by atoms with Gasteiger partial charge in [0, 0.05) is 12.1 Å². The first kappa shape index (κ1) is 21.4. The molecule has 31 heavy (non-hydrogen) atoms. The number of amides is 3. The summed E-state index contributed by atoms with van der Waals surface area (Å²) < 4.78 is 13.1. The van der Waals surface area contributed by atoms with Gasteiger partial charge in [0.1, 0.15) is 5.82 Å². The van der Waals surface area contributed by atoms with E-state index in [9.17, 15) is 18.8 Å². The molecule has 5 N–H and O–H groups in total. The number of nitrogens with one attached hydrogen (secondary N) is 5. The van der Waals surface area contributed by atoms with Crippen molar-refractivity contribution in [2.45, 2.75) is 18.9 Å². The van der Waals surface area contributed by atoms with Gasteiger partial charge >= 0.3 is 0 Å². The summed E-state index contributed by atoms with van der Waals surface area (Å²) in [6.07, 6.45) is -1.67. The molecule has 2 fully saturated rings. The smallest absolute Gasteiger partial charge is 0.229 e. The fraction of sp³-hybridized carbons (Fsp3) is 0.250. The Hall–Kier alpha value is -2.88. The maximum Gasteiger partial charge on any atom is 0.229 e. The molecule has 0 spiro atoms. The molecule has 2 saturated heterocycles. The van der Waals surface area contributed by atoms with Crippen LogP contribution in [0.5, 0.6) is 0 Å². The van der Waals surface area contributed by atoms with Crippen molar-refractivity contribution in [3.05, 3.63) is 58.3 Å². The number of hydrogen-bond acceptors (Lipinski definition) is 5. The maximum absolute atomic E-state index is 13.1. The highest BCUT2D eigenvalue weighted by molar-refractivity contribution is 6.44. The molecular weight excluding hydrogens is 448 g/mol. The molecule has 11 heteroatoms. The molecule has 8 nitrogen and oxygen atoms in total. The van der Waals surface area contributed by atoms with Gasteiger partial charge in [0.2, 0.25) is 17.7 Å². The lowest BCUT2D eigenvalue weighted by atomic mass is 9.81. The van der Waals surface area contributed by atoms with Gasteiger partial charge in [0.05, 0.1) is 33.7 Å². The zero-order chi connectivity index (χ0) is 22.1. The van der Waals surface area contributed by atoms with Crippen LogP contribution < -0.4 is 26.6 Å². The third kappa shape index (κ3) is 4.58. The first-order valence-electron chi connectivity index (χ1n) is 9.44. The molecule has 2 heterocycles. The van der Waals surface area contributed by atoms with E-state index in [0.717, 1.165) is 0 Å². The van der Waals surface area contributed by atoms with Crippen molar-refractivity contribution in [3.63, 3.8) is 0 Å². The highest BCUT2D eigenvalue weighted by Crippen LogP contribution is 2.32. The van der Waals surface area contributed by atoms with Crippen LogP contribution in [0.1, 0.15) is 6.42 Å². The number of carbonyl (C=O) groups is 3. The van der Waals surface area contributed by atoms with Gasteiger partial charge in [-0.25, -0.2) is 4.39 Å². The number of benzene rings is 2. The van der Waals surface area contributed by atoms with Crippen LogP contribution in [0.2, 0.25) is 10.0 Å². The molecule has 0 saturated carbocycles. The number of piperidine rings is 1. The number of carbonyl (C=O) groups excluding carboxylic acids is 3. The van der Waals surface area contributed by atoms with Gasteiger partial charge in [-0.05, 0) is 36.4 Å². The minimum absolute atomic E-state index is 0.156. The first-order valence-corrected chi connectivity index (χ1v) is 10.2. The molecular formula is C20H18Cl2FN5O3. The molecule has 0 aliphatic carbocycles. The fourth-order valence-electron chi connectivity index (χ4n) is 3.69. The lowest BCUT2D eigenvalue weighted by Gasteiger charge is -2.43. The summed E-state index contributed by atoms with van der Waals surface area (Å²) in [4.78, 5) is 38.0. The average Bonchev–Trinajstić information content (AvgIpc) is 2.72. The zero-order valence-corrected chi connectivity index (χ0v) is 17.4. The van der Waals surface area contributed by atoms with Crippen molar-refractivity contribution in [1.29, 1.82) is 0 Å². The quantitative estimate of drug-likeness (QED) is 0.475. The van der Waals surface area contributed by atoms with Gasteiger partial charge in [-0.15, -0.1) is 0 Å². The van der Waals surface area contributed by atoms with Gasteiger partial charge in [-0.1, -0.05) is 29.3 Å². The van der Waals surface area contributed by atoms with Crippen molar-refractivity contribution in [3.8, 4) is 0 Å². The van der Waals surface area contributed by atoms with Crippen LogP contribution in [0.25, 0.3) is 0 Å². The molecule has 2 aliphatic rings. The van der Waals surface area contributed by atoms with Gasteiger partial charge in [-0.3, -0.25) is 19.7 Å². The van der Waals surface area contributed by atoms with Gasteiger partial charge in [0.15, 0.2) is 6.29 Å². The van der Waals surface area contributed by atoms with Crippen molar-refractivity contribution in [2.24, 2.45) is 11.8 Å². The van der Waals surface area contributed by atoms with Crippen LogP contribution >= 0.6 is 23.2 Å². The van der Waals surface area contributed by atoms with E-state index >= 15 is 0 Å². The van der Waals surface area contributed by atoms with E-state index in [1.54, 1.807) is 18.2 Å².